The van der Waals surface area contributed by atoms with Crippen molar-refractivity contribution in [3.63, 3.8) is 0 Å². The third-order valence-electron chi connectivity index (χ3n) is 10.9. The summed E-state index contributed by atoms with van der Waals surface area (Å²) in [5.74, 6) is 0. The SMILES string of the molecule is c1ccc(-c2c3ccccc3c(-c3ccc(-n4c5ccc6ccccc6c5c5ccc6ccccc6c54)c4ccccc34)c3ccccc23)cc1. The van der Waals surface area contributed by atoms with Crippen LogP contribution in [0.15, 0.2) is 188 Å². The molecule has 0 bridgehead atoms. The number of hydrogen-bond acceptors (Lipinski definition) is 0. The van der Waals surface area contributed by atoms with Crippen LogP contribution in [0.25, 0.3) is 104 Å². The van der Waals surface area contributed by atoms with E-state index >= 15 is 0 Å². The van der Waals surface area contributed by atoms with E-state index < -0.39 is 0 Å². The Kier molecular flexibility index (Phi) is 6.02. The zero-order chi connectivity index (χ0) is 33.5. The number of fused-ring (bicyclic) bond motifs is 10. The number of hydrogen-bond donors (Lipinski definition) is 0. The van der Waals surface area contributed by atoms with Crippen molar-refractivity contribution in [1.82, 2.24) is 4.57 Å². The molecule has 0 N–H and O–H groups in total. The van der Waals surface area contributed by atoms with Gasteiger partial charge in [0.15, 0.2) is 0 Å². The molecule has 11 rings (SSSR count). The molecule has 0 aliphatic heterocycles. The zero-order valence-electron chi connectivity index (χ0n) is 27.8. The molecule has 0 aliphatic carbocycles. The van der Waals surface area contributed by atoms with Gasteiger partial charge in [0.2, 0.25) is 0 Å². The monoisotopic (exact) mass is 645 g/mol. The van der Waals surface area contributed by atoms with Gasteiger partial charge in [-0.15, -0.1) is 0 Å². The highest BCUT2D eigenvalue weighted by molar-refractivity contribution is 6.27. The molecule has 0 fully saturated rings. The molecule has 1 aromatic heterocycles. The fourth-order valence-corrected chi connectivity index (χ4v) is 8.83. The van der Waals surface area contributed by atoms with Crippen molar-refractivity contribution in [2.75, 3.05) is 0 Å². The molecule has 0 unspecified atom stereocenters. The van der Waals surface area contributed by atoms with Crippen molar-refractivity contribution in [3.8, 4) is 27.9 Å². The van der Waals surface area contributed by atoms with Crippen LogP contribution in [-0.2, 0) is 0 Å². The maximum atomic E-state index is 2.53. The van der Waals surface area contributed by atoms with Gasteiger partial charge < -0.3 is 4.57 Å². The highest BCUT2D eigenvalue weighted by atomic mass is 15.0. The molecule has 0 radical (unpaired) electrons. The Bertz CT molecular complexity index is 3130. The van der Waals surface area contributed by atoms with E-state index in [2.05, 4.69) is 193 Å². The number of benzene rings is 10. The van der Waals surface area contributed by atoms with E-state index in [4.69, 9.17) is 0 Å². The molecule has 1 nitrogen and oxygen atoms in total. The molecular weight excluding hydrogens is 615 g/mol. The molecule has 0 atom stereocenters. The van der Waals surface area contributed by atoms with Gasteiger partial charge in [0, 0.05) is 21.5 Å². The van der Waals surface area contributed by atoms with Gasteiger partial charge in [-0.3, -0.25) is 0 Å². The lowest BCUT2D eigenvalue weighted by atomic mass is 9.84. The first-order valence-corrected chi connectivity index (χ1v) is 17.7. The lowest BCUT2D eigenvalue weighted by Gasteiger charge is -2.20. The minimum Gasteiger partial charge on any atom is -0.308 e. The summed E-state index contributed by atoms with van der Waals surface area (Å²) >= 11 is 0. The number of nitrogens with zero attached hydrogens (tertiary/aromatic N) is 1. The smallest absolute Gasteiger partial charge is 0.0619 e. The predicted molar refractivity (Wildman–Crippen MR) is 219 cm³/mol. The summed E-state index contributed by atoms with van der Waals surface area (Å²) in [5.41, 5.74) is 8.72. The molecule has 11 aromatic rings. The van der Waals surface area contributed by atoms with Gasteiger partial charge >= 0.3 is 0 Å². The summed E-state index contributed by atoms with van der Waals surface area (Å²) in [4.78, 5) is 0. The Hall–Kier alpha value is -6.70. The van der Waals surface area contributed by atoms with Crippen LogP contribution in [0.2, 0.25) is 0 Å². The maximum Gasteiger partial charge on any atom is 0.0619 e. The first-order valence-electron chi connectivity index (χ1n) is 17.7. The van der Waals surface area contributed by atoms with E-state index in [1.807, 2.05) is 0 Å². The van der Waals surface area contributed by atoms with Crippen LogP contribution in [0.3, 0.4) is 0 Å². The third-order valence-corrected chi connectivity index (χ3v) is 10.9. The van der Waals surface area contributed by atoms with E-state index in [-0.39, 0.29) is 0 Å². The van der Waals surface area contributed by atoms with Crippen molar-refractivity contribution >= 4 is 75.7 Å². The van der Waals surface area contributed by atoms with Gasteiger partial charge in [-0.25, -0.2) is 0 Å². The van der Waals surface area contributed by atoms with Gasteiger partial charge in [-0.2, -0.15) is 0 Å². The summed E-state index contributed by atoms with van der Waals surface area (Å²) in [7, 11) is 0. The second-order valence-electron chi connectivity index (χ2n) is 13.6. The fraction of sp³-hybridized carbons (Fsp3) is 0. The average Bonchev–Trinajstić information content (AvgIpc) is 3.55. The summed E-state index contributed by atoms with van der Waals surface area (Å²) in [5, 5.41) is 15.2. The minimum atomic E-state index is 1.19. The summed E-state index contributed by atoms with van der Waals surface area (Å²) in [6.45, 7) is 0. The first-order chi connectivity index (χ1) is 25.3. The summed E-state index contributed by atoms with van der Waals surface area (Å²) in [6.07, 6.45) is 0. The van der Waals surface area contributed by atoms with Crippen LogP contribution in [0.5, 0.6) is 0 Å². The quantitative estimate of drug-likeness (QED) is 0.169. The molecular formula is C50H31N. The fourth-order valence-electron chi connectivity index (χ4n) is 8.83. The Morgan fingerprint density at radius 2 is 0.804 bits per heavy atom. The molecule has 236 valence electrons. The third kappa shape index (κ3) is 4.03. The molecule has 1 heterocycles. The van der Waals surface area contributed by atoms with Crippen LogP contribution in [0.4, 0.5) is 0 Å². The average molecular weight is 646 g/mol. The number of aromatic nitrogens is 1. The lowest BCUT2D eigenvalue weighted by molar-refractivity contribution is 1.21. The van der Waals surface area contributed by atoms with Crippen molar-refractivity contribution in [1.29, 1.82) is 0 Å². The van der Waals surface area contributed by atoms with E-state index in [0.717, 1.165) is 0 Å². The van der Waals surface area contributed by atoms with Crippen LogP contribution in [0, 0.1) is 0 Å². The highest BCUT2D eigenvalue weighted by Crippen LogP contribution is 2.47. The van der Waals surface area contributed by atoms with E-state index in [9.17, 15) is 0 Å². The highest BCUT2D eigenvalue weighted by Gasteiger charge is 2.22. The largest absolute Gasteiger partial charge is 0.308 e. The van der Waals surface area contributed by atoms with Gasteiger partial charge in [-0.1, -0.05) is 176 Å². The lowest BCUT2D eigenvalue weighted by Crippen LogP contribution is -1.98. The van der Waals surface area contributed by atoms with E-state index in [1.54, 1.807) is 0 Å². The Labute approximate surface area is 295 Å². The van der Waals surface area contributed by atoms with E-state index in [0.29, 0.717) is 0 Å². The van der Waals surface area contributed by atoms with Crippen LogP contribution in [-0.4, -0.2) is 4.57 Å². The molecule has 0 amide bonds. The van der Waals surface area contributed by atoms with Crippen LogP contribution < -0.4 is 0 Å². The van der Waals surface area contributed by atoms with Gasteiger partial charge in [0.05, 0.1) is 16.7 Å². The Morgan fingerprint density at radius 3 is 1.49 bits per heavy atom. The van der Waals surface area contributed by atoms with Crippen molar-refractivity contribution < 1.29 is 0 Å². The first kappa shape index (κ1) is 28.2. The molecule has 0 saturated heterocycles. The standard InChI is InChI=1S/C50H31N/c1-2-16-34(17-3-1)47-39-22-10-12-24-41(39)48(42-25-13-11-23-40(42)47)43-29-31-45(38-21-9-8-20-37(38)43)51-46-30-27-32-14-4-6-18-35(32)49(46)44-28-26-33-15-5-7-19-36(33)50(44)51/h1-31H. The van der Waals surface area contributed by atoms with Gasteiger partial charge in [0.25, 0.3) is 0 Å². The molecule has 0 aliphatic rings. The Morgan fingerprint density at radius 1 is 0.294 bits per heavy atom. The zero-order valence-corrected chi connectivity index (χ0v) is 27.8. The molecule has 1 heteroatoms. The maximum absolute atomic E-state index is 2.53. The van der Waals surface area contributed by atoms with Crippen molar-refractivity contribution in [3.05, 3.63) is 188 Å². The molecule has 51 heavy (non-hydrogen) atoms. The summed E-state index contributed by atoms with van der Waals surface area (Å²) < 4.78 is 2.53. The normalized spacial score (nSPS) is 11.9. The van der Waals surface area contributed by atoms with Crippen molar-refractivity contribution in [2.45, 2.75) is 0 Å². The minimum absolute atomic E-state index is 1.19. The Balaban J connectivity index is 1.28. The van der Waals surface area contributed by atoms with E-state index in [1.165, 1.54) is 104 Å². The molecule has 10 aromatic carbocycles. The summed E-state index contributed by atoms with van der Waals surface area (Å²) in [6, 6.07) is 69.2. The van der Waals surface area contributed by atoms with Crippen LogP contribution >= 0.6 is 0 Å². The predicted octanol–water partition coefficient (Wildman–Crippen LogP) is 13.9. The van der Waals surface area contributed by atoms with Gasteiger partial charge in [-0.05, 0) is 77.5 Å². The molecule has 0 saturated carbocycles. The second-order valence-corrected chi connectivity index (χ2v) is 13.6. The van der Waals surface area contributed by atoms with Gasteiger partial charge in [0.1, 0.15) is 0 Å². The second kappa shape index (κ2) is 10.9. The van der Waals surface area contributed by atoms with Crippen molar-refractivity contribution in [2.24, 2.45) is 0 Å². The topological polar surface area (TPSA) is 4.93 Å². The molecule has 0 spiro atoms. The van der Waals surface area contributed by atoms with Crippen LogP contribution in [0.1, 0.15) is 0 Å². The number of rotatable bonds is 3.